The minimum absolute atomic E-state index is 0.269. The molecule has 0 bridgehead atoms. The Bertz CT molecular complexity index is 614. The molecule has 0 spiro atoms. The van der Waals surface area contributed by atoms with Crippen LogP contribution < -0.4 is 5.32 Å². The first-order chi connectivity index (χ1) is 8.99. The molecule has 1 amide bonds. The summed E-state index contributed by atoms with van der Waals surface area (Å²) in [7, 11) is 1.70. The van der Waals surface area contributed by atoms with Gasteiger partial charge in [-0.15, -0.1) is 10.2 Å². The zero-order valence-corrected chi connectivity index (χ0v) is 10.9. The lowest BCUT2D eigenvalue weighted by Gasteiger charge is -2.09. The highest BCUT2D eigenvalue weighted by molar-refractivity contribution is 6.42. The maximum Gasteiger partial charge on any atom is 0.294 e. The van der Waals surface area contributed by atoms with Gasteiger partial charge in [0, 0.05) is 20.2 Å². The van der Waals surface area contributed by atoms with Crippen molar-refractivity contribution in [2.24, 2.45) is 7.05 Å². The molecule has 1 N–H and O–H groups in total. The number of nitrogens with zero attached hydrogens (tertiary/aromatic N) is 3. The van der Waals surface area contributed by atoms with Gasteiger partial charge in [-0.3, -0.25) is 9.59 Å². The highest BCUT2D eigenvalue weighted by atomic mass is 16.4. The molecule has 0 unspecified atom stereocenters. The molecule has 0 fully saturated rings. The summed E-state index contributed by atoms with van der Waals surface area (Å²) in [5.74, 6) is -0.629. The van der Waals surface area contributed by atoms with Gasteiger partial charge in [0.1, 0.15) is 6.04 Å². The van der Waals surface area contributed by atoms with Gasteiger partial charge in [0.15, 0.2) is 0 Å². The van der Waals surface area contributed by atoms with E-state index < -0.39 is 17.7 Å². The summed E-state index contributed by atoms with van der Waals surface area (Å²) in [6.45, 7) is 3.32. The number of amides is 1. The van der Waals surface area contributed by atoms with Crippen LogP contribution in [0.15, 0.2) is 22.7 Å². The molecule has 0 aliphatic heterocycles. The molecule has 7 nitrogen and oxygen atoms in total. The van der Waals surface area contributed by atoms with Crippen LogP contribution in [0.4, 0.5) is 0 Å². The first-order valence-corrected chi connectivity index (χ1v) is 5.75. The number of hydrogen-bond donors (Lipinski definition) is 1. The number of hydrogen-bond acceptors (Lipinski definition) is 5. The van der Waals surface area contributed by atoms with E-state index in [4.69, 9.17) is 4.42 Å². The summed E-state index contributed by atoms with van der Waals surface area (Å²) in [4.78, 5) is 23.7. The fourth-order valence-electron chi connectivity index (χ4n) is 1.62. The Balaban J connectivity index is 2.05. The molecule has 0 saturated carbocycles. The van der Waals surface area contributed by atoms with Gasteiger partial charge in [-0.1, -0.05) is 0 Å². The van der Waals surface area contributed by atoms with Crippen LogP contribution in [-0.2, 0) is 11.8 Å². The van der Waals surface area contributed by atoms with Crippen molar-refractivity contribution in [3.63, 3.8) is 0 Å². The molecule has 0 radical (unpaired) electrons. The number of carbonyl (C=O) groups excluding carboxylic acids is 2. The molecule has 0 aliphatic rings. The van der Waals surface area contributed by atoms with Crippen molar-refractivity contribution < 1.29 is 14.0 Å². The van der Waals surface area contributed by atoms with Crippen molar-refractivity contribution in [2.75, 3.05) is 0 Å². The second kappa shape index (κ2) is 5.05. The van der Waals surface area contributed by atoms with Crippen LogP contribution in [-0.4, -0.2) is 26.5 Å². The number of aryl methyl sites for hydroxylation is 2. The number of rotatable bonds is 4. The Hall–Kier alpha value is -2.44. The number of Topliss-reactive ketones (excluding diaryl/α,β-unsaturated/α-hetero) is 1. The summed E-state index contributed by atoms with van der Waals surface area (Å²) < 4.78 is 6.77. The third-order valence-corrected chi connectivity index (χ3v) is 2.64. The number of nitrogens with one attached hydrogen (secondary N) is 1. The largest absolute Gasteiger partial charge is 0.423 e. The summed E-state index contributed by atoms with van der Waals surface area (Å²) in [6.07, 6.45) is 1.70. The molecule has 0 saturated heterocycles. The Morgan fingerprint density at radius 2 is 2.16 bits per heavy atom. The standard InChI is InChI=1S/C12H14N4O3/c1-7(12-15-14-8(2)19-12)13-11(18)10(17)9-5-4-6-16(9)3/h4-7H,1-3H3,(H,13,18)/t7-/m0/s1. The molecule has 1 atom stereocenters. The predicted octanol–water partition coefficient (Wildman–Crippen LogP) is 0.777. The maximum absolute atomic E-state index is 11.9. The van der Waals surface area contributed by atoms with E-state index in [1.54, 1.807) is 43.8 Å². The van der Waals surface area contributed by atoms with Crippen LogP contribution >= 0.6 is 0 Å². The Labute approximate surface area is 109 Å². The Kier molecular flexibility index (Phi) is 3.46. The summed E-state index contributed by atoms with van der Waals surface area (Å²) >= 11 is 0. The van der Waals surface area contributed by atoms with Crippen LogP contribution in [0.25, 0.3) is 0 Å². The average Bonchev–Trinajstić information content (AvgIpc) is 2.97. The van der Waals surface area contributed by atoms with Crippen LogP contribution in [0, 0.1) is 6.92 Å². The van der Waals surface area contributed by atoms with Crippen molar-refractivity contribution in [1.29, 1.82) is 0 Å². The number of aromatic nitrogens is 3. The summed E-state index contributed by atoms with van der Waals surface area (Å²) in [6, 6.07) is 2.77. The molecule has 2 aromatic rings. The van der Waals surface area contributed by atoms with Gasteiger partial charge in [-0.2, -0.15) is 0 Å². The molecule has 2 heterocycles. The van der Waals surface area contributed by atoms with E-state index in [1.807, 2.05) is 0 Å². The van der Waals surface area contributed by atoms with E-state index in [1.165, 1.54) is 0 Å². The topological polar surface area (TPSA) is 90.0 Å². The molecule has 2 rings (SSSR count). The zero-order chi connectivity index (χ0) is 14.0. The van der Waals surface area contributed by atoms with E-state index >= 15 is 0 Å². The van der Waals surface area contributed by atoms with Crippen LogP contribution in [0.3, 0.4) is 0 Å². The van der Waals surface area contributed by atoms with Crippen LogP contribution in [0.2, 0.25) is 0 Å². The summed E-state index contributed by atoms with van der Waals surface area (Å²) in [5, 5.41) is 9.98. The molecular weight excluding hydrogens is 248 g/mol. The molecule has 7 heteroatoms. The monoisotopic (exact) mass is 262 g/mol. The third kappa shape index (κ3) is 2.70. The van der Waals surface area contributed by atoms with Crippen molar-refractivity contribution in [2.45, 2.75) is 19.9 Å². The van der Waals surface area contributed by atoms with E-state index in [0.29, 0.717) is 11.6 Å². The van der Waals surface area contributed by atoms with Crippen molar-refractivity contribution in [3.8, 4) is 0 Å². The SMILES string of the molecule is Cc1nnc([C@H](C)NC(=O)C(=O)c2cccn2C)o1. The summed E-state index contributed by atoms with van der Waals surface area (Å²) in [5.41, 5.74) is 0.325. The van der Waals surface area contributed by atoms with Gasteiger partial charge in [0.25, 0.3) is 11.7 Å². The van der Waals surface area contributed by atoms with E-state index in [2.05, 4.69) is 15.5 Å². The smallest absolute Gasteiger partial charge is 0.294 e. The van der Waals surface area contributed by atoms with Gasteiger partial charge < -0.3 is 14.3 Å². The second-order valence-electron chi connectivity index (χ2n) is 4.19. The normalized spacial score (nSPS) is 12.2. The van der Waals surface area contributed by atoms with E-state index in [9.17, 15) is 9.59 Å². The third-order valence-electron chi connectivity index (χ3n) is 2.64. The first kappa shape index (κ1) is 13.0. The lowest BCUT2D eigenvalue weighted by molar-refractivity contribution is -0.117. The van der Waals surface area contributed by atoms with Crippen molar-refractivity contribution in [1.82, 2.24) is 20.1 Å². The lowest BCUT2D eigenvalue weighted by Crippen LogP contribution is -2.34. The van der Waals surface area contributed by atoms with Crippen molar-refractivity contribution >= 4 is 11.7 Å². The van der Waals surface area contributed by atoms with Crippen molar-refractivity contribution in [3.05, 3.63) is 35.8 Å². The molecule has 2 aromatic heterocycles. The van der Waals surface area contributed by atoms with Gasteiger partial charge in [-0.05, 0) is 19.1 Å². The average molecular weight is 262 g/mol. The van der Waals surface area contributed by atoms with Gasteiger partial charge in [-0.25, -0.2) is 0 Å². The fourth-order valence-corrected chi connectivity index (χ4v) is 1.62. The molecule has 0 aliphatic carbocycles. The van der Waals surface area contributed by atoms with Gasteiger partial charge in [0.05, 0.1) is 5.69 Å². The molecule has 100 valence electrons. The molecule has 0 aromatic carbocycles. The van der Waals surface area contributed by atoms with Gasteiger partial charge in [0.2, 0.25) is 11.8 Å². The molecular formula is C12H14N4O3. The minimum Gasteiger partial charge on any atom is -0.423 e. The van der Waals surface area contributed by atoms with Gasteiger partial charge >= 0.3 is 0 Å². The predicted molar refractivity (Wildman–Crippen MR) is 65.3 cm³/mol. The number of carbonyl (C=O) groups is 2. The highest BCUT2D eigenvalue weighted by Crippen LogP contribution is 2.10. The Morgan fingerprint density at radius 3 is 2.68 bits per heavy atom. The highest BCUT2D eigenvalue weighted by Gasteiger charge is 2.22. The molecule has 19 heavy (non-hydrogen) atoms. The Morgan fingerprint density at radius 1 is 1.42 bits per heavy atom. The fraction of sp³-hybridized carbons (Fsp3) is 0.333. The van der Waals surface area contributed by atoms with Crippen LogP contribution in [0.1, 0.15) is 35.2 Å². The van der Waals surface area contributed by atoms with E-state index in [-0.39, 0.29) is 5.89 Å². The zero-order valence-electron chi connectivity index (χ0n) is 10.9. The maximum atomic E-state index is 11.9. The second-order valence-corrected chi connectivity index (χ2v) is 4.19. The van der Waals surface area contributed by atoms with E-state index in [0.717, 1.165) is 0 Å². The van der Waals surface area contributed by atoms with Crippen LogP contribution in [0.5, 0.6) is 0 Å². The lowest BCUT2D eigenvalue weighted by atomic mass is 10.2. The minimum atomic E-state index is -0.704. The first-order valence-electron chi connectivity index (χ1n) is 5.75. The quantitative estimate of drug-likeness (QED) is 0.649. The number of ketones is 1.